The number of halogens is 1. The summed E-state index contributed by atoms with van der Waals surface area (Å²) in [7, 11) is 0. The second kappa shape index (κ2) is 5.40. The number of piperidine rings is 1. The van der Waals surface area contributed by atoms with Crippen LogP contribution in [0.3, 0.4) is 0 Å². The van der Waals surface area contributed by atoms with Gasteiger partial charge in [-0.05, 0) is 38.1 Å². The lowest BCUT2D eigenvalue weighted by molar-refractivity contribution is 0.478. The Balaban J connectivity index is 1.72. The van der Waals surface area contributed by atoms with Crippen LogP contribution >= 0.6 is 0 Å². The molecule has 1 aromatic heterocycles. The molecular formula is C14H17FN4. The molecular weight excluding hydrogens is 243 g/mol. The Hall–Kier alpha value is -1.88. The second-order valence-corrected chi connectivity index (χ2v) is 4.85. The van der Waals surface area contributed by atoms with Gasteiger partial charge in [-0.3, -0.25) is 5.10 Å². The zero-order chi connectivity index (χ0) is 13.1. The molecule has 1 saturated heterocycles. The van der Waals surface area contributed by atoms with E-state index in [0.29, 0.717) is 6.04 Å². The zero-order valence-electron chi connectivity index (χ0n) is 10.6. The lowest BCUT2D eigenvalue weighted by Gasteiger charge is -2.23. The van der Waals surface area contributed by atoms with Gasteiger partial charge in [0.25, 0.3) is 0 Å². The molecule has 0 aliphatic carbocycles. The van der Waals surface area contributed by atoms with Crippen LogP contribution in [0, 0.1) is 5.82 Å². The second-order valence-electron chi connectivity index (χ2n) is 4.85. The Morgan fingerprint density at radius 2 is 2.05 bits per heavy atom. The van der Waals surface area contributed by atoms with Crippen molar-refractivity contribution in [1.29, 1.82) is 0 Å². The molecule has 2 heterocycles. The zero-order valence-corrected chi connectivity index (χ0v) is 10.6. The lowest BCUT2D eigenvalue weighted by Crippen LogP contribution is -2.35. The molecule has 0 unspecified atom stereocenters. The van der Waals surface area contributed by atoms with E-state index in [-0.39, 0.29) is 5.82 Å². The van der Waals surface area contributed by atoms with E-state index in [1.54, 1.807) is 6.07 Å². The van der Waals surface area contributed by atoms with Gasteiger partial charge in [-0.25, -0.2) is 4.39 Å². The molecule has 100 valence electrons. The molecule has 0 saturated carbocycles. The lowest BCUT2D eigenvalue weighted by atomic mass is 10.1. The van der Waals surface area contributed by atoms with E-state index in [0.717, 1.165) is 43.0 Å². The molecule has 3 N–H and O–H groups in total. The van der Waals surface area contributed by atoms with Crippen molar-refractivity contribution in [3.63, 3.8) is 0 Å². The van der Waals surface area contributed by atoms with Gasteiger partial charge in [0.2, 0.25) is 0 Å². The average Bonchev–Trinajstić information content (AvgIpc) is 2.88. The summed E-state index contributed by atoms with van der Waals surface area (Å²) in [6, 6.07) is 8.90. The van der Waals surface area contributed by atoms with Crippen molar-refractivity contribution < 1.29 is 4.39 Å². The van der Waals surface area contributed by atoms with E-state index in [1.807, 2.05) is 12.1 Å². The van der Waals surface area contributed by atoms with Crippen molar-refractivity contribution in [2.45, 2.75) is 18.9 Å². The predicted molar refractivity (Wildman–Crippen MR) is 73.5 cm³/mol. The molecule has 0 atom stereocenters. The summed E-state index contributed by atoms with van der Waals surface area (Å²) in [4.78, 5) is 0. The fraction of sp³-hybridized carbons (Fsp3) is 0.357. The third-order valence-electron chi connectivity index (χ3n) is 3.40. The quantitative estimate of drug-likeness (QED) is 0.794. The predicted octanol–water partition coefficient (Wildman–Crippen LogP) is 2.38. The monoisotopic (exact) mass is 260 g/mol. The number of anilines is 1. The number of aromatic amines is 1. The summed E-state index contributed by atoms with van der Waals surface area (Å²) in [5, 5.41) is 13.9. The number of hydrogen-bond donors (Lipinski definition) is 3. The summed E-state index contributed by atoms with van der Waals surface area (Å²) in [6.45, 7) is 2.08. The fourth-order valence-corrected chi connectivity index (χ4v) is 2.37. The molecule has 2 aromatic rings. The van der Waals surface area contributed by atoms with Crippen LogP contribution in [-0.4, -0.2) is 29.3 Å². The first-order valence-corrected chi connectivity index (χ1v) is 6.60. The van der Waals surface area contributed by atoms with Crippen molar-refractivity contribution in [1.82, 2.24) is 15.5 Å². The smallest absolute Gasteiger partial charge is 0.148 e. The van der Waals surface area contributed by atoms with Gasteiger partial charge < -0.3 is 10.6 Å². The summed E-state index contributed by atoms with van der Waals surface area (Å²) >= 11 is 0. The minimum Gasteiger partial charge on any atom is -0.366 e. The number of nitrogens with zero attached hydrogens (tertiary/aromatic N) is 1. The van der Waals surface area contributed by atoms with Crippen molar-refractivity contribution in [2.24, 2.45) is 0 Å². The Labute approximate surface area is 111 Å². The normalized spacial score (nSPS) is 16.5. The van der Waals surface area contributed by atoms with Crippen LogP contribution in [0.4, 0.5) is 10.2 Å². The summed E-state index contributed by atoms with van der Waals surface area (Å²) in [5.74, 6) is 0.589. The number of benzene rings is 1. The van der Waals surface area contributed by atoms with E-state index in [4.69, 9.17) is 0 Å². The first-order valence-electron chi connectivity index (χ1n) is 6.60. The maximum atomic E-state index is 13.2. The van der Waals surface area contributed by atoms with E-state index < -0.39 is 0 Å². The van der Waals surface area contributed by atoms with Gasteiger partial charge in [0.1, 0.15) is 11.6 Å². The first-order chi connectivity index (χ1) is 9.31. The molecule has 19 heavy (non-hydrogen) atoms. The van der Waals surface area contributed by atoms with Gasteiger partial charge in [0, 0.05) is 17.7 Å². The average molecular weight is 260 g/mol. The van der Waals surface area contributed by atoms with Crippen LogP contribution in [0.1, 0.15) is 12.8 Å². The van der Waals surface area contributed by atoms with Crippen molar-refractivity contribution >= 4 is 5.82 Å². The largest absolute Gasteiger partial charge is 0.366 e. The van der Waals surface area contributed by atoms with Crippen LogP contribution in [-0.2, 0) is 0 Å². The molecule has 0 spiro atoms. The third-order valence-corrected chi connectivity index (χ3v) is 3.40. The van der Waals surface area contributed by atoms with Gasteiger partial charge in [-0.2, -0.15) is 5.10 Å². The van der Waals surface area contributed by atoms with E-state index in [2.05, 4.69) is 20.8 Å². The van der Waals surface area contributed by atoms with Crippen LogP contribution in [0.5, 0.6) is 0 Å². The highest BCUT2D eigenvalue weighted by Gasteiger charge is 2.14. The van der Waals surface area contributed by atoms with Gasteiger partial charge >= 0.3 is 0 Å². The number of hydrogen-bond acceptors (Lipinski definition) is 3. The SMILES string of the molecule is Fc1cccc(-c2cc(NC3CCNCC3)n[nH]2)c1. The Kier molecular flexibility index (Phi) is 3.46. The Bertz CT molecular complexity index is 546. The molecule has 0 bridgehead atoms. The number of H-pyrrole nitrogens is 1. The van der Waals surface area contributed by atoms with E-state index in [9.17, 15) is 4.39 Å². The van der Waals surface area contributed by atoms with Gasteiger partial charge in [-0.1, -0.05) is 12.1 Å². The minimum absolute atomic E-state index is 0.236. The summed E-state index contributed by atoms with van der Waals surface area (Å²) in [6.07, 6.45) is 2.20. The number of rotatable bonds is 3. The standard InChI is InChI=1S/C14H17FN4/c15-11-3-1-2-10(8-11)13-9-14(19-18-13)17-12-4-6-16-7-5-12/h1-3,8-9,12,16H,4-7H2,(H2,17,18,19). The first kappa shape index (κ1) is 12.2. The maximum absolute atomic E-state index is 13.2. The Morgan fingerprint density at radius 3 is 2.84 bits per heavy atom. The summed E-state index contributed by atoms with van der Waals surface area (Å²) < 4.78 is 13.2. The van der Waals surface area contributed by atoms with Crippen molar-refractivity contribution in [2.75, 3.05) is 18.4 Å². The topological polar surface area (TPSA) is 52.7 Å². The molecule has 1 fully saturated rings. The van der Waals surface area contributed by atoms with Crippen LogP contribution in [0.25, 0.3) is 11.3 Å². The molecule has 0 radical (unpaired) electrons. The molecule has 1 aliphatic heterocycles. The number of aromatic nitrogens is 2. The molecule has 0 amide bonds. The van der Waals surface area contributed by atoms with Crippen LogP contribution in [0.2, 0.25) is 0 Å². The minimum atomic E-state index is -0.236. The molecule has 4 nitrogen and oxygen atoms in total. The molecule has 5 heteroatoms. The van der Waals surface area contributed by atoms with Crippen LogP contribution in [0.15, 0.2) is 30.3 Å². The van der Waals surface area contributed by atoms with Crippen LogP contribution < -0.4 is 10.6 Å². The molecule has 1 aromatic carbocycles. The van der Waals surface area contributed by atoms with Gasteiger partial charge in [0.15, 0.2) is 0 Å². The van der Waals surface area contributed by atoms with Gasteiger partial charge in [-0.15, -0.1) is 0 Å². The third kappa shape index (κ3) is 2.93. The fourth-order valence-electron chi connectivity index (χ4n) is 2.37. The van der Waals surface area contributed by atoms with Crippen molar-refractivity contribution in [3.8, 4) is 11.3 Å². The highest BCUT2D eigenvalue weighted by Crippen LogP contribution is 2.21. The molecule has 3 rings (SSSR count). The number of nitrogens with one attached hydrogen (secondary N) is 3. The molecule has 1 aliphatic rings. The summed E-state index contributed by atoms with van der Waals surface area (Å²) in [5.41, 5.74) is 1.64. The van der Waals surface area contributed by atoms with E-state index >= 15 is 0 Å². The highest BCUT2D eigenvalue weighted by atomic mass is 19.1. The highest BCUT2D eigenvalue weighted by molar-refractivity contribution is 5.62. The van der Waals surface area contributed by atoms with Gasteiger partial charge in [0.05, 0.1) is 5.69 Å². The Morgan fingerprint density at radius 1 is 1.21 bits per heavy atom. The van der Waals surface area contributed by atoms with Crippen molar-refractivity contribution in [3.05, 3.63) is 36.1 Å². The van der Waals surface area contributed by atoms with E-state index in [1.165, 1.54) is 12.1 Å². The maximum Gasteiger partial charge on any atom is 0.148 e.